The fourth-order valence-corrected chi connectivity index (χ4v) is 1.59. The lowest BCUT2D eigenvalue weighted by atomic mass is 9.87. The van der Waals surface area contributed by atoms with E-state index in [1.54, 1.807) is 0 Å². The van der Waals surface area contributed by atoms with Crippen LogP contribution in [0, 0.1) is 12.3 Å². The molecule has 0 fully saturated rings. The number of carbonyl (C=O) groups is 1. The molecule has 1 aromatic carbocycles. The Labute approximate surface area is 110 Å². The third-order valence-electron chi connectivity index (χ3n) is 3.05. The standard InChI is InChI=1S/C15H24N2O/c1-11-5-7-12(8-6-11)9-10-17-14(18)13(16)15(2,3)4/h5-8,13H,9-10,16H2,1-4H3,(H,17,18)/t13-/m1/s1. The molecule has 100 valence electrons. The number of nitrogens with two attached hydrogens (primary N) is 1. The van der Waals surface area contributed by atoms with Crippen LogP contribution in [-0.4, -0.2) is 18.5 Å². The Morgan fingerprint density at radius 2 is 1.83 bits per heavy atom. The summed E-state index contributed by atoms with van der Waals surface area (Å²) in [5, 5.41) is 2.89. The average molecular weight is 248 g/mol. The number of aryl methyl sites for hydroxylation is 1. The summed E-state index contributed by atoms with van der Waals surface area (Å²) in [7, 11) is 0. The van der Waals surface area contributed by atoms with Gasteiger partial charge in [0.2, 0.25) is 5.91 Å². The zero-order chi connectivity index (χ0) is 13.8. The van der Waals surface area contributed by atoms with E-state index in [9.17, 15) is 4.79 Å². The molecular formula is C15H24N2O. The first-order valence-corrected chi connectivity index (χ1v) is 6.39. The van der Waals surface area contributed by atoms with Gasteiger partial charge in [-0.1, -0.05) is 50.6 Å². The monoisotopic (exact) mass is 248 g/mol. The second-order valence-corrected chi connectivity index (χ2v) is 5.87. The fourth-order valence-electron chi connectivity index (χ4n) is 1.59. The number of nitrogens with one attached hydrogen (secondary N) is 1. The van der Waals surface area contributed by atoms with Crippen LogP contribution < -0.4 is 11.1 Å². The Morgan fingerprint density at radius 3 is 2.33 bits per heavy atom. The van der Waals surface area contributed by atoms with Gasteiger partial charge in [-0.25, -0.2) is 0 Å². The highest BCUT2D eigenvalue weighted by atomic mass is 16.2. The quantitative estimate of drug-likeness (QED) is 0.856. The van der Waals surface area contributed by atoms with E-state index in [0.29, 0.717) is 6.54 Å². The summed E-state index contributed by atoms with van der Waals surface area (Å²) in [4.78, 5) is 11.8. The van der Waals surface area contributed by atoms with Crippen molar-refractivity contribution in [3.8, 4) is 0 Å². The van der Waals surface area contributed by atoms with Gasteiger partial charge in [-0.3, -0.25) is 4.79 Å². The minimum absolute atomic E-state index is 0.0744. The highest BCUT2D eigenvalue weighted by Crippen LogP contribution is 2.17. The first-order valence-electron chi connectivity index (χ1n) is 6.39. The zero-order valence-electron chi connectivity index (χ0n) is 11.8. The van der Waals surface area contributed by atoms with Gasteiger partial charge in [-0.2, -0.15) is 0 Å². The number of hydrogen-bond acceptors (Lipinski definition) is 2. The maximum absolute atomic E-state index is 11.8. The fraction of sp³-hybridized carbons (Fsp3) is 0.533. The van der Waals surface area contributed by atoms with E-state index in [1.165, 1.54) is 11.1 Å². The highest BCUT2D eigenvalue weighted by molar-refractivity contribution is 5.82. The SMILES string of the molecule is Cc1ccc(CCNC(=O)[C@@H](N)C(C)(C)C)cc1. The normalized spacial score (nSPS) is 13.2. The molecule has 1 rings (SSSR count). The number of hydrogen-bond donors (Lipinski definition) is 2. The zero-order valence-corrected chi connectivity index (χ0v) is 11.8. The van der Waals surface area contributed by atoms with Gasteiger partial charge >= 0.3 is 0 Å². The van der Waals surface area contributed by atoms with E-state index in [2.05, 4.69) is 36.5 Å². The first-order chi connectivity index (χ1) is 8.30. The van der Waals surface area contributed by atoms with Gasteiger partial charge in [-0.15, -0.1) is 0 Å². The van der Waals surface area contributed by atoms with E-state index in [4.69, 9.17) is 5.73 Å². The molecule has 3 heteroatoms. The number of amides is 1. The molecule has 1 atom stereocenters. The summed E-state index contributed by atoms with van der Waals surface area (Å²) < 4.78 is 0. The Kier molecular flexibility index (Phi) is 4.91. The lowest BCUT2D eigenvalue weighted by Crippen LogP contribution is -2.48. The van der Waals surface area contributed by atoms with Crippen molar-refractivity contribution in [1.29, 1.82) is 0 Å². The predicted molar refractivity (Wildman–Crippen MR) is 75.3 cm³/mol. The van der Waals surface area contributed by atoms with Crippen molar-refractivity contribution in [2.75, 3.05) is 6.54 Å². The van der Waals surface area contributed by atoms with Crippen LogP contribution in [0.5, 0.6) is 0 Å². The van der Waals surface area contributed by atoms with Crippen LogP contribution >= 0.6 is 0 Å². The lowest BCUT2D eigenvalue weighted by Gasteiger charge is -2.25. The minimum Gasteiger partial charge on any atom is -0.354 e. The van der Waals surface area contributed by atoms with Gasteiger partial charge in [0.15, 0.2) is 0 Å². The van der Waals surface area contributed by atoms with Crippen LogP contribution in [0.4, 0.5) is 0 Å². The summed E-state index contributed by atoms with van der Waals surface area (Å²) in [5.74, 6) is -0.0744. The molecule has 0 aromatic heterocycles. The van der Waals surface area contributed by atoms with E-state index in [0.717, 1.165) is 6.42 Å². The third-order valence-corrected chi connectivity index (χ3v) is 3.05. The van der Waals surface area contributed by atoms with Crippen molar-refractivity contribution >= 4 is 5.91 Å². The predicted octanol–water partition coefficient (Wildman–Crippen LogP) is 2.03. The van der Waals surface area contributed by atoms with Crippen LogP contribution in [0.2, 0.25) is 0 Å². The van der Waals surface area contributed by atoms with E-state index < -0.39 is 6.04 Å². The van der Waals surface area contributed by atoms with E-state index in [-0.39, 0.29) is 11.3 Å². The Bertz CT molecular complexity index is 390. The molecule has 0 bridgehead atoms. The summed E-state index contributed by atoms with van der Waals surface area (Å²) in [6.45, 7) is 8.60. The second-order valence-electron chi connectivity index (χ2n) is 5.87. The molecule has 0 aliphatic carbocycles. The molecule has 18 heavy (non-hydrogen) atoms. The van der Waals surface area contributed by atoms with Gasteiger partial charge in [-0.05, 0) is 24.3 Å². The van der Waals surface area contributed by atoms with Crippen molar-refractivity contribution in [2.24, 2.45) is 11.1 Å². The molecule has 1 amide bonds. The maximum atomic E-state index is 11.8. The second kappa shape index (κ2) is 6.01. The molecule has 3 N–H and O–H groups in total. The molecule has 0 radical (unpaired) electrons. The van der Waals surface area contributed by atoms with Crippen molar-refractivity contribution < 1.29 is 4.79 Å². The van der Waals surface area contributed by atoms with Crippen molar-refractivity contribution in [3.63, 3.8) is 0 Å². The Morgan fingerprint density at radius 1 is 1.28 bits per heavy atom. The Balaban J connectivity index is 2.38. The topological polar surface area (TPSA) is 55.1 Å². The molecular weight excluding hydrogens is 224 g/mol. The summed E-state index contributed by atoms with van der Waals surface area (Å²) in [5.41, 5.74) is 8.16. The number of carbonyl (C=O) groups excluding carboxylic acids is 1. The Hall–Kier alpha value is -1.35. The van der Waals surface area contributed by atoms with Crippen LogP contribution in [-0.2, 0) is 11.2 Å². The van der Waals surface area contributed by atoms with Crippen LogP contribution in [0.1, 0.15) is 31.9 Å². The summed E-state index contributed by atoms with van der Waals surface area (Å²) in [6, 6.07) is 7.88. The summed E-state index contributed by atoms with van der Waals surface area (Å²) >= 11 is 0. The number of rotatable bonds is 4. The van der Waals surface area contributed by atoms with Crippen molar-refractivity contribution in [3.05, 3.63) is 35.4 Å². The molecule has 0 saturated heterocycles. The largest absolute Gasteiger partial charge is 0.354 e. The van der Waals surface area contributed by atoms with Gasteiger partial charge in [0.25, 0.3) is 0 Å². The van der Waals surface area contributed by atoms with Gasteiger partial charge in [0.1, 0.15) is 0 Å². The maximum Gasteiger partial charge on any atom is 0.237 e. The van der Waals surface area contributed by atoms with Gasteiger partial charge in [0.05, 0.1) is 6.04 Å². The molecule has 0 aliphatic heterocycles. The lowest BCUT2D eigenvalue weighted by molar-refractivity contribution is -0.124. The van der Waals surface area contributed by atoms with Crippen LogP contribution in [0.3, 0.4) is 0 Å². The van der Waals surface area contributed by atoms with Crippen LogP contribution in [0.15, 0.2) is 24.3 Å². The van der Waals surface area contributed by atoms with E-state index in [1.807, 2.05) is 20.8 Å². The van der Waals surface area contributed by atoms with Crippen molar-refractivity contribution in [1.82, 2.24) is 5.32 Å². The van der Waals surface area contributed by atoms with Crippen LogP contribution in [0.25, 0.3) is 0 Å². The third kappa shape index (κ3) is 4.49. The van der Waals surface area contributed by atoms with Crippen molar-refractivity contribution in [2.45, 2.75) is 40.2 Å². The first kappa shape index (κ1) is 14.7. The molecule has 1 aromatic rings. The molecule has 0 saturated carbocycles. The smallest absolute Gasteiger partial charge is 0.237 e. The summed E-state index contributed by atoms with van der Waals surface area (Å²) in [6.07, 6.45) is 0.836. The molecule has 0 heterocycles. The van der Waals surface area contributed by atoms with Gasteiger partial charge in [0, 0.05) is 6.54 Å². The number of benzene rings is 1. The molecule has 3 nitrogen and oxygen atoms in total. The molecule has 0 aliphatic rings. The molecule has 0 spiro atoms. The van der Waals surface area contributed by atoms with E-state index >= 15 is 0 Å². The molecule has 0 unspecified atom stereocenters. The minimum atomic E-state index is -0.462. The highest BCUT2D eigenvalue weighted by Gasteiger charge is 2.26. The van der Waals surface area contributed by atoms with Gasteiger partial charge < -0.3 is 11.1 Å². The average Bonchev–Trinajstić information content (AvgIpc) is 2.29.